The van der Waals surface area contributed by atoms with Crippen molar-refractivity contribution in [1.82, 2.24) is 15.2 Å². The third kappa shape index (κ3) is 3.07. The minimum Gasteiger partial charge on any atom is -0.276 e. The van der Waals surface area contributed by atoms with Gasteiger partial charge in [0.25, 0.3) is 0 Å². The maximum absolute atomic E-state index is 5.85. The average Bonchev–Trinajstić information content (AvgIpc) is 2.89. The summed E-state index contributed by atoms with van der Waals surface area (Å²) in [5.74, 6) is 8.56. The zero-order valence-electron chi connectivity index (χ0n) is 12.6. The van der Waals surface area contributed by atoms with Crippen LogP contribution in [0.1, 0.15) is 50.5 Å². The molecule has 20 heavy (non-hydrogen) atoms. The van der Waals surface area contributed by atoms with Gasteiger partial charge in [-0.3, -0.25) is 16.0 Å². The molecule has 4 atom stereocenters. The molecule has 2 fully saturated rings. The van der Waals surface area contributed by atoms with Crippen LogP contribution in [-0.2, 0) is 13.5 Å². The lowest BCUT2D eigenvalue weighted by atomic mass is 9.66. The summed E-state index contributed by atoms with van der Waals surface area (Å²) in [6, 6.07) is 0.405. The van der Waals surface area contributed by atoms with Crippen LogP contribution in [0.3, 0.4) is 0 Å². The van der Waals surface area contributed by atoms with E-state index in [0.29, 0.717) is 6.04 Å². The van der Waals surface area contributed by atoms with E-state index in [9.17, 15) is 0 Å². The largest absolute Gasteiger partial charge is 0.276 e. The highest BCUT2D eigenvalue weighted by Crippen LogP contribution is 2.43. The van der Waals surface area contributed by atoms with E-state index < -0.39 is 0 Å². The Labute approximate surface area is 122 Å². The molecule has 4 heteroatoms. The molecule has 0 bridgehead atoms. The molecule has 0 spiro atoms. The first kappa shape index (κ1) is 14.1. The van der Waals surface area contributed by atoms with Gasteiger partial charge in [-0.2, -0.15) is 5.10 Å². The van der Waals surface area contributed by atoms with Crippen LogP contribution >= 0.6 is 0 Å². The van der Waals surface area contributed by atoms with Crippen molar-refractivity contribution in [3.8, 4) is 0 Å². The number of aromatic nitrogens is 2. The van der Waals surface area contributed by atoms with Crippen LogP contribution in [0.4, 0.5) is 0 Å². The Morgan fingerprint density at radius 2 is 2.10 bits per heavy atom. The monoisotopic (exact) mass is 276 g/mol. The second-order valence-electron chi connectivity index (χ2n) is 6.88. The summed E-state index contributed by atoms with van der Waals surface area (Å²) < 4.78 is 1.88. The molecule has 2 aliphatic carbocycles. The number of fused-ring (bicyclic) bond motifs is 1. The predicted molar refractivity (Wildman–Crippen MR) is 80.8 cm³/mol. The van der Waals surface area contributed by atoms with Gasteiger partial charge in [0.05, 0.1) is 6.20 Å². The Bertz CT molecular complexity index is 428. The van der Waals surface area contributed by atoms with E-state index >= 15 is 0 Å². The van der Waals surface area contributed by atoms with Crippen LogP contribution < -0.4 is 11.3 Å². The number of aryl methyl sites for hydroxylation is 1. The lowest BCUT2D eigenvalue weighted by Gasteiger charge is -2.41. The summed E-state index contributed by atoms with van der Waals surface area (Å²) in [6.07, 6.45) is 15.0. The van der Waals surface area contributed by atoms with E-state index in [1.54, 1.807) is 0 Å². The lowest BCUT2D eigenvalue weighted by molar-refractivity contribution is 0.109. The Kier molecular flexibility index (Phi) is 4.41. The van der Waals surface area contributed by atoms with Crippen LogP contribution in [0.2, 0.25) is 0 Å². The quantitative estimate of drug-likeness (QED) is 0.656. The zero-order chi connectivity index (χ0) is 13.9. The van der Waals surface area contributed by atoms with Gasteiger partial charge in [0, 0.05) is 19.3 Å². The fraction of sp³-hybridized carbons (Fsp3) is 0.812. The first-order valence-corrected chi connectivity index (χ1v) is 8.20. The minimum absolute atomic E-state index is 0.405. The fourth-order valence-electron chi connectivity index (χ4n) is 4.47. The maximum atomic E-state index is 5.85. The van der Waals surface area contributed by atoms with Gasteiger partial charge in [-0.05, 0) is 49.0 Å². The molecule has 4 nitrogen and oxygen atoms in total. The van der Waals surface area contributed by atoms with Crippen molar-refractivity contribution in [3.63, 3.8) is 0 Å². The van der Waals surface area contributed by atoms with Gasteiger partial charge in [0.1, 0.15) is 0 Å². The number of rotatable bonds is 4. The average molecular weight is 276 g/mol. The number of nitrogens with two attached hydrogens (primary N) is 1. The summed E-state index contributed by atoms with van der Waals surface area (Å²) in [5.41, 5.74) is 4.38. The van der Waals surface area contributed by atoms with E-state index in [1.807, 2.05) is 17.9 Å². The molecule has 112 valence electrons. The third-order valence-electron chi connectivity index (χ3n) is 5.58. The van der Waals surface area contributed by atoms with Crippen molar-refractivity contribution < 1.29 is 0 Å². The number of nitrogens with one attached hydrogen (secondary N) is 1. The molecular formula is C16H28N4. The molecule has 0 aliphatic heterocycles. The van der Waals surface area contributed by atoms with Gasteiger partial charge in [0.15, 0.2) is 0 Å². The minimum atomic E-state index is 0.405. The summed E-state index contributed by atoms with van der Waals surface area (Å²) >= 11 is 0. The fourth-order valence-corrected chi connectivity index (χ4v) is 4.47. The maximum Gasteiger partial charge on any atom is 0.0522 e. The van der Waals surface area contributed by atoms with Crippen LogP contribution in [-0.4, -0.2) is 15.8 Å². The molecule has 4 unspecified atom stereocenters. The molecule has 0 aromatic carbocycles. The highest BCUT2D eigenvalue weighted by Gasteiger charge is 2.35. The molecule has 1 heterocycles. The summed E-state index contributed by atoms with van der Waals surface area (Å²) in [5, 5.41) is 4.26. The molecule has 3 N–H and O–H groups in total. The van der Waals surface area contributed by atoms with E-state index in [1.165, 1.54) is 50.5 Å². The highest BCUT2D eigenvalue weighted by molar-refractivity contribution is 5.07. The van der Waals surface area contributed by atoms with E-state index in [4.69, 9.17) is 5.84 Å². The van der Waals surface area contributed by atoms with Gasteiger partial charge in [-0.15, -0.1) is 0 Å². The van der Waals surface area contributed by atoms with Gasteiger partial charge >= 0.3 is 0 Å². The topological polar surface area (TPSA) is 55.9 Å². The van der Waals surface area contributed by atoms with Crippen LogP contribution in [0.15, 0.2) is 12.4 Å². The standard InChI is InChI=1S/C16H28N4/c1-20-11-12(10-18-20)8-16(19-17)15-7-6-13-4-2-3-5-14(13)9-15/h10-11,13-16,19H,2-9,17H2,1H3. The number of nitrogens with zero attached hydrogens (tertiary/aromatic N) is 2. The number of hydrazine groups is 1. The van der Waals surface area contributed by atoms with Gasteiger partial charge in [-0.25, -0.2) is 0 Å². The van der Waals surface area contributed by atoms with E-state index in [-0.39, 0.29) is 0 Å². The second-order valence-corrected chi connectivity index (χ2v) is 6.88. The van der Waals surface area contributed by atoms with E-state index in [2.05, 4.69) is 16.7 Å². The molecule has 3 rings (SSSR count). The third-order valence-corrected chi connectivity index (χ3v) is 5.58. The van der Waals surface area contributed by atoms with Gasteiger partial charge < -0.3 is 0 Å². The summed E-state index contributed by atoms with van der Waals surface area (Å²) in [6.45, 7) is 0. The molecule has 0 saturated heterocycles. The Morgan fingerprint density at radius 3 is 2.80 bits per heavy atom. The van der Waals surface area contributed by atoms with E-state index in [0.717, 1.165) is 24.2 Å². The molecule has 0 amide bonds. The van der Waals surface area contributed by atoms with Crippen molar-refractivity contribution in [2.45, 2.75) is 57.4 Å². The lowest BCUT2D eigenvalue weighted by Crippen LogP contribution is -2.45. The first-order valence-electron chi connectivity index (χ1n) is 8.20. The molecule has 0 radical (unpaired) electrons. The Hall–Kier alpha value is -0.870. The molecule has 1 aromatic heterocycles. The van der Waals surface area contributed by atoms with Crippen LogP contribution in [0.25, 0.3) is 0 Å². The molecule has 1 aromatic rings. The normalized spacial score (nSPS) is 31.8. The number of hydrogen-bond acceptors (Lipinski definition) is 3. The van der Waals surface area contributed by atoms with Crippen molar-refractivity contribution >= 4 is 0 Å². The first-order chi connectivity index (χ1) is 9.76. The van der Waals surface area contributed by atoms with Crippen molar-refractivity contribution in [2.75, 3.05) is 0 Å². The Morgan fingerprint density at radius 1 is 1.30 bits per heavy atom. The SMILES string of the molecule is Cn1cc(CC(NN)C2CCC3CCCCC3C2)cn1. The summed E-state index contributed by atoms with van der Waals surface area (Å²) in [4.78, 5) is 0. The van der Waals surface area contributed by atoms with Crippen LogP contribution in [0.5, 0.6) is 0 Å². The van der Waals surface area contributed by atoms with Gasteiger partial charge in [0.2, 0.25) is 0 Å². The predicted octanol–water partition coefficient (Wildman–Crippen LogP) is 2.40. The molecule has 2 saturated carbocycles. The Balaban J connectivity index is 1.61. The van der Waals surface area contributed by atoms with Crippen LogP contribution in [0, 0.1) is 17.8 Å². The van der Waals surface area contributed by atoms with Crippen molar-refractivity contribution in [1.29, 1.82) is 0 Å². The molecule has 2 aliphatic rings. The van der Waals surface area contributed by atoms with Crippen molar-refractivity contribution in [3.05, 3.63) is 18.0 Å². The smallest absolute Gasteiger partial charge is 0.0522 e. The highest BCUT2D eigenvalue weighted by atomic mass is 15.2. The van der Waals surface area contributed by atoms with Gasteiger partial charge in [-0.1, -0.05) is 25.7 Å². The van der Waals surface area contributed by atoms with Crippen molar-refractivity contribution in [2.24, 2.45) is 30.6 Å². The zero-order valence-corrected chi connectivity index (χ0v) is 12.6. The number of hydrogen-bond donors (Lipinski definition) is 2. The summed E-state index contributed by atoms with van der Waals surface area (Å²) in [7, 11) is 1.97. The second kappa shape index (κ2) is 6.27. The molecular weight excluding hydrogens is 248 g/mol.